The molecule has 76 valence electrons. The van der Waals surface area contributed by atoms with Crippen molar-refractivity contribution >= 4 is 0 Å². The second-order valence-electron chi connectivity index (χ2n) is 4.03. The maximum atomic E-state index is 5.90. The third-order valence-corrected chi connectivity index (χ3v) is 2.87. The van der Waals surface area contributed by atoms with E-state index in [9.17, 15) is 0 Å². The Morgan fingerprint density at radius 1 is 1.54 bits per heavy atom. The van der Waals surface area contributed by atoms with Gasteiger partial charge in [0.15, 0.2) is 0 Å². The van der Waals surface area contributed by atoms with E-state index in [4.69, 9.17) is 5.73 Å². The normalized spacial score (nSPS) is 31.3. The predicted molar refractivity (Wildman–Crippen MR) is 57.7 cm³/mol. The quantitative estimate of drug-likeness (QED) is 0.674. The molecule has 2 nitrogen and oxygen atoms in total. The summed E-state index contributed by atoms with van der Waals surface area (Å²) in [6.45, 7) is 6.74. The Morgan fingerprint density at radius 3 is 2.92 bits per heavy atom. The van der Waals surface area contributed by atoms with E-state index in [-0.39, 0.29) is 0 Å². The van der Waals surface area contributed by atoms with Crippen LogP contribution >= 0.6 is 0 Å². The first kappa shape index (κ1) is 10.7. The molecule has 0 radical (unpaired) electrons. The van der Waals surface area contributed by atoms with E-state index in [1.165, 1.54) is 25.9 Å². The minimum Gasteiger partial charge on any atom is -0.328 e. The van der Waals surface area contributed by atoms with Gasteiger partial charge in [-0.2, -0.15) is 0 Å². The molecule has 0 aromatic rings. The van der Waals surface area contributed by atoms with Crippen LogP contribution in [0.5, 0.6) is 0 Å². The maximum absolute atomic E-state index is 5.90. The van der Waals surface area contributed by atoms with Gasteiger partial charge in [-0.3, -0.25) is 0 Å². The van der Waals surface area contributed by atoms with E-state index in [0.29, 0.717) is 12.1 Å². The molecular weight excluding hydrogens is 160 g/mol. The van der Waals surface area contributed by atoms with E-state index in [2.05, 4.69) is 30.9 Å². The molecule has 1 fully saturated rings. The Labute approximate surface area is 81.8 Å². The zero-order valence-electron chi connectivity index (χ0n) is 8.87. The monoisotopic (exact) mass is 182 g/mol. The van der Waals surface area contributed by atoms with E-state index in [1.54, 1.807) is 0 Å². The van der Waals surface area contributed by atoms with Gasteiger partial charge in [0.05, 0.1) is 0 Å². The van der Waals surface area contributed by atoms with Crippen molar-refractivity contribution in [2.75, 3.05) is 13.1 Å². The van der Waals surface area contributed by atoms with Crippen LogP contribution in [0.3, 0.4) is 0 Å². The number of likely N-dealkylation sites (tertiary alicyclic amines) is 1. The zero-order valence-corrected chi connectivity index (χ0v) is 8.87. The smallest absolute Gasteiger partial charge is 0.00818 e. The lowest BCUT2D eigenvalue weighted by Gasteiger charge is -2.36. The Kier molecular flexibility index (Phi) is 4.46. The minimum atomic E-state index is 0.438. The van der Waals surface area contributed by atoms with Crippen LogP contribution in [-0.2, 0) is 0 Å². The van der Waals surface area contributed by atoms with Gasteiger partial charge in [0.2, 0.25) is 0 Å². The van der Waals surface area contributed by atoms with Gasteiger partial charge in [0.1, 0.15) is 0 Å². The molecule has 0 spiro atoms. The number of nitrogens with zero attached hydrogens (tertiary/aromatic N) is 1. The highest BCUT2D eigenvalue weighted by Crippen LogP contribution is 2.15. The average molecular weight is 182 g/mol. The van der Waals surface area contributed by atoms with E-state index in [0.717, 1.165) is 6.42 Å². The number of allylic oxidation sites excluding steroid dienone is 1. The summed E-state index contributed by atoms with van der Waals surface area (Å²) in [5, 5.41) is 0. The molecule has 0 aromatic carbocycles. The standard InChI is InChI=1S/C11H22N2/c1-3-4-5-7-13-8-6-11(12)9-10(13)2/h3-4,10-11H,5-9,12H2,1-2H3/b4-3+. The second-order valence-corrected chi connectivity index (χ2v) is 4.03. The summed E-state index contributed by atoms with van der Waals surface area (Å²) in [5.41, 5.74) is 5.90. The van der Waals surface area contributed by atoms with Crippen molar-refractivity contribution in [3.8, 4) is 0 Å². The fraction of sp³-hybridized carbons (Fsp3) is 0.818. The average Bonchev–Trinajstić information content (AvgIpc) is 2.09. The maximum Gasteiger partial charge on any atom is 0.00818 e. The van der Waals surface area contributed by atoms with Gasteiger partial charge in [-0.25, -0.2) is 0 Å². The van der Waals surface area contributed by atoms with Crippen LogP contribution in [0.2, 0.25) is 0 Å². The van der Waals surface area contributed by atoms with Crippen LogP contribution in [-0.4, -0.2) is 30.1 Å². The molecule has 1 heterocycles. The van der Waals surface area contributed by atoms with Gasteiger partial charge >= 0.3 is 0 Å². The Balaban J connectivity index is 2.25. The summed E-state index contributed by atoms with van der Waals surface area (Å²) >= 11 is 0. The number of hydrogen-bond acceptors (Lipinski definition) is 2. The summed E-state index contributed by atoms with van der Waals surface area (Å²) < 4.78 is 0. The van der Waals surface area contributed by atoms with Crippen LogP contribution < -0.4 is 5.73 Å². The molecule has 2 unspecified atom stereocenters. The van der Waals surface area contributed by atoms with Crippen molar-refractivity contribution in [3.05, 3.63) is 12.2 Å². The van der Waals surface area contributed by atoms with Crippen molar-refractivity contribution in [2.24, 2.45) is 5.73 Å². The van der Waals surface area contributed by atoms with Crippen LogP contribution in [0.4, 0.5) is 0 Å². The summed E-state index contributed by atoms with van der Waals surface area (Å²) in [4.78, 5) is 2.54. The zero-order chi connectivity index (χ0) is 9.68. The fourth-order valence-electron chi connectivity index (χ4n) is 2.00. The molecule has 0 aliphatic carbocycles. The first-order valence-corrected chi connectivity index (χ1v) is 5.35. The molecule has 13 heavy (non-hydrogen) atoms. The van der Waals surface area contributed by atoms with Gasteiger partial charge in [0.25, 0.3) is 0 Å². The first-order valence-electron chi connectivity index (χ1n) is 5.35. The highest BCUT2D eigenvalue weighted by molar-refractivity contribution is 4.84. The Hall–Kier alpha value is -0.340. The largest absolute Gasteiger partial charge is 0.328 e. The molecule has 0 bridgehead atoms. The lowest BCUT2D eigenvalue weighted by molar-refractivity contribution is 0.150. The van der Waals surface area contributed by atoms with E-state index in [1.807, 2.05) is 0 Å². The first-order chi connectivity index (χ1) is 6.24. The molecule has 0 amide bonds. The molecule has 1 aliphatic heterocycles. The van der Waals surface area contributed by atoms with Gasteiger partial charge < -0.3 is 10.6 Å². The summed E-state index contributed by atoms with van der Waals surface area (Å²) in [6, 6.07) is 1.11. The van der Waals surface area contributed by atoms with Crippen molar-refractivity contribution in [2.45, 2.75) is 45.2 Å². The summed E-state index contributed by atoms with van der Waals surface area (Å²) in [5.74, 6) is 0. The third kappa shape index (κ3) is 3.49. The lowest BCUT2D eigenvalue weighted by Crippen LogP contribution is -2.45. The van der Waals surface area contributed by atoms with Gasteiger partial charge in [-0.15, -0.1) is 0 Å². The van der Waals surface area contributed by atoms with Crippen molar-refractivity contribution in [1.29, 1.82) is 0 Å². The summed E-state index contributed by atoms with van der Waals surface area (Å²) in [7, 11) is 0. The van der Waals surface area contributed by atoms with Gasteiger partial charge in [-0.05, 0) is 39.7 Å². The SMILES string of the molecule is C/C=C/CCN1CCC(N)CC1C. The van der Waals surface area contributed by atoms with E-state index >= 15 is 0 Å². The van der Waals surface area contributed by atoms with Crippen LogP contribution in [0.15, 0.2) is 12.2 Å². The van der Waals surface area contributed by atoms with Crippen molar-refractivity contribution in [1.82, 2.24) is 4.90 Å². The van der Waals surface area contributed by atoms with Crippen molar-refractivity contribution < 1.29 is 0 Å². The van der Waals surface area contributed by atoms with E-state index < -0.39 is 0 Å². The minimum absolute atomic E-state index is 0.438. The fourth-order valence-corrected chi connectivity index (χ4v) is 2.00. The Morgan fingerprint density at radius 2 is 2.31 bits per heavy atom. The van der Waals surface area contributed by atoms with Crippen LogP contribution in [0.1, 0.15) is 33.1 Å². The van der Waals surface area contributed by atoms with Gasteiger partial charge in [-0.1, -0.05) is 12.2 Å². The number of nitrogens with two attached hydrogens (primary N) is 1. The number of piperidine rings is 1. The molecule has 0 saturated carbocycles. The molecule has 2 atom stereocenters. The molecular formula is C11H22N2. The molecule has 2 N–H and O–H groups in total. The topological polar surface area (TPSA) is 29.3 Å². The molecule has 0 aromatic heterocycles. The highest BCUT2D eigenvalue weighted by atomic mass is 15.2. The van der Waals surface area contributed by atoms with Gasteiger partial charge in [0, 0.05) is 18.6 Å². The molecule has 2 heteroatoms. The molecule has 1 rings (SSSR count). The molecule has 1 aliphatic rings. The Bertz CT molecular complexity index is 165. The number of hydrogen-bond donors (Lipinski definition) is 1. The summed E-state index contributed by atoms with van der Waals surface area (Å²) in [6.07, 6.45) is 7.87. The number of rotatable bonds is 3. The van der Waals surface area contributed by atoms with Crippen LogP contribution in [0.25, 0.3) is 0 Å². The lowest BCUT2D eigenvalue weighted by atomic mass is 9.99. The predicted octanol–water partition coefficient (Wildman–Crippen LogP) is 1.76. The third-order valence-electron chi connectivity index (χ3n) is 2.87. The second kappa shape index (κ2) is 5.40. The molecule has 1 saturated heterocycles. The highest BCUT2D eigenvalue weighted by Gasteiger charge is 2.21. The van der Waals surface area contributed by atoms with Crippen molar-refractivity contribution in [3.63, 3.8) is 0 Å². The van der Waals surface area contributed by atoms with Crippen LogP contribution in [0, 0.1) is 0 Å².